The van der Waals surface area contributed by atoms with Crippen molar-refractivity contribution in [3.05, 3.63) is 22.7 Å². The summed E-state index contributed by atoms with van der Waals surface area (Å²) in [6, 6.07) is 1.49. The first kappa shape index (κ1) is 17.2. The predicted molar refractivity (Wildman–Crippen MR) is 76.3 cm³/mol. The van der Waals surface area contributed by atoms with E-state index in [0.717, 1.165) is 0 Å². The second kappa shape index (κ2) is 7.90. The van der Waals surface area contributed by atoms with Crippen molar-refractivity contribution in [2.45, 2.75) is 32.7 Å². The van der Waals surface area contributed by atoms with E-state index in [1.54, 1.807) is 6.92 Å². The van der Waals surface area contributed by atoms with Crippen LogP contribution in [0.2, 0.25) is 0 Å². The van der Waals surface area contributed by atoms with Crippen LogP contribution in [0.4, 0.5) is 10.6 Å². The van der Waals surface area contributed by atoms with Crippen molar-refractivity contribution in [2.75, 3.05) is 25.6 Å². The van der Waals surface area contributed by atoms with E-state index in [4.69, 9.17) is 24.7 Å². The number of nitrogens with zero attached hydrogens (tertiary/aromatic N) is 2. The second-order valence-corrected chi connectivity index (χ2v) is 4.60. The topological polar surface area (TPSA) is 124 Å². The van der Waals surface area contributed by atoms with Crippen LogP contribution < -0.4 is 11.4 Å². The maximum Gasteiger partial charge on any atom is 0.510 e. The van der Waals surface area contributed by atoms with Crippen molar-refractivity contribution in [2.24, 2.45) is 0 Å². The van der Waals surface area contributed by atoms with Crippen LogP contribution in [0.5, 0.6) is 0 Å². The molecule has 1 unspecified atom stereocenters. The maximum atomic E-state index is 11.7. The highest BCUT2D eigenvalue weighted by atomic mass is 16.8. The van der Waals surface area contributed by atoms with Crippen LogP contribution in [0, 0.1) is 0 Å². The van der Waals surface area contributed by atoms with Crippen molar-refractivity contribution < 1.29 is 28.5 Å². The van der Waals surface area contributed by atoms with Gasteiger partial charge in [0.15, 0.2) is 12.5 Å². The lowest BCUT2D eigenvalue weighted by Crippen LogP contribution is -2.29. The van der Waals surface area contributed by atoms with Crippen molar-refractivity contribution in [3.63, 3.8) is 0 Å². The Bertz CT molecular complexity index is 591. The number of carbonyl (C=O) groups excluding carboxylic acids is 1. The Balaban J connectivity index is 1.79. The molecule has 0 amide bonds. The van der Waals surface area contributed by atoms with E-state index in [2.05, 4.69) is 9.72 Å². The molecule has 10 nitrogen and oxygen atoms in total. The highest BCUT2D eigenvalue weighted by molar-refractivity contribution is 5.59. The molecule has 23 heavy (non-hydrogen) atoms. The number of hydrogen-bond acceptors (Lipinski definition) is 9. The molecule has 10 heteroatoms. The summed E-state index contributed by atoms with van der Waals surface area (Å²) in [6.07, 6.45) is -1.47. The Morgan fingerprint density at radius 2 is 2.39 bits per heavy atom. The zero-order valence-electron chi connectivity index (χ0n) is 12.8. The third-order valence-corrected chi connectivity index (χ3v) is 2.89. The molecule has 1 fully saturated rings. The predicted octanol–water partition coefficient (Wildman–Crippen LogP) is 0.233. The zero-order chi connectivity index (χ0) is 16.8. The van der Waals surface area contributed by atoms with Crippen molar-refractivity contribution >= 4 is 12.0 Å². The number of aromatic nitrogens is 2. The molecule has 0 saturated carbocycles. The molecule has 1 aliphatic rings. The minimum Gasteiger partial charge on any atom is -0.435 e. The van der Waals surface area contributed by atoms with Crippen molar-refractivity contribution in [1.29, 1.82) is 0 Å². The molecule has 3 atom stereocenters. The fourth-order valence-electron chi connectivity index (χ4n) is 1.86. The van der Waals surface area contributed by atoms with Gasteiger partial charge in [0.05, 0.1) is 13.2 Å². The lowest BCUT2D eigenvalue weighted by molar-refractivity contribution is -0.173. The van der Waals surface area contributed by atoms with E-state index in [-0.39, 0.29) is 25.6 Å². The third kappa shape index (κ3) is 4.91. The zero-order valence-corrected chi connectivity index (χ0v) is 12.8. The fourth-order valence-corrected chi connectivity index (χ4v) is 1.86. The van der Waals surface area contributed by atoms with Crippen LogP contribution in [0.15, 0.2) is 17.1 Å². The van der Waals surface area contributed by atoms with Crippen LogP contribution >= 0.6 is 0 Å². The van der Waals surface area contributed by atoms with Crippen LogP contribution in [0.1, 0.15) is 20.1 Å². The smallest absolute Gasteiger partial charge is 0.435 e. The van der Waals surface area contributed by atoms with Crippen LogP contribution in [-0.4, -0.2) is 48.1 Å². The normalized spacial score (nSPS) is 21.8. The Kier molecular flexibility index (Phi) is 5.90. The second-order valence-electron chi connectivity index (χ2n) is 4.60. The minimum atomic E-state index is -0.818. The number of hydrogen-bond donors (Lipinski definition) is 1. The standard InChI is InChI=1S/C13H19N3O7/c1-3-19-13(18)22-8(2)20-7-11-21-6-10(23-11)16-5-4-9(14)15-12(16)17/h4-5,8,10-11H,3,6-7H2,1-2H3,(H2,14,15,17)/t8?,10-,11-/m0/s1. The van der Waals surface area contributed by atoms with Crippen molar-refractivity contribution in [3.8, 4) is 0 Å². The van der Waals surface area contributed by atoms with Gasteiger partial charge in [0.2, 0.25) is 6.29 Å². The first-order valence-electron chi connectivity index (χ1n) is 7.06. The number of nitrogen functional groups attached to an aromatic ring is 1. The molecule has 0 spiro atoms. The summed E-state index contributed by atoms with van der Waals surface area (Å²) < 4.78 is 26.9. The first-order chi connectivity index (χ1) is 11.0. The SMILES string of the molecule is CCOC(=O)OC(C)OC[C@H]1OC[C@@H](n2ccc(N)nc2=O)O1. The van der Waals surface area contributed by atoms with Gasteiger partial charge < -0.3 is 29.4 Å². The quantitative estimate of drug-likeness (QED) is 0.577. The van der Waals surface area contributed by atoms with Gasteiger partial charge in [0.25, 0.3) is 0 Å². The Labute approximate surface area is 132 Å². The minimum absolute atomic E-state index is 0.0220. The molecular weight excluding hydrogens is 310 g/mol. The Morgan fingerprint density at radius 3 is 3.09 bits per heavy atom. The summed E-state index contributed by atoms with van der Waals surface area (Å²) in [5.74, 6) is 0.134. The molecule has 1 aromatic rings. The van der Waals surface area contributed by atoms with E-state index in [0.29, 0.717) is 0 Å². The molecule has 1 aromatic heterocycles. The maximum absolute atomic E-state index is 11.7. The van der Waals surface area contributed by atoms with Gasteiger partial charge in [0.1, 0.15) is 12.4 Å². The molecule has 0 bridgehead atoms. The summed E-state index contributed by atoms with van der Waals surface area (Å²) in [4.78, 5) is 26.4. The van der Waals surface area contributed by atoms with Crippen LogP contribution in [0.3, 0.4) is 0 Å². The van der Waals surface area contributed by atoms with Gasteiger partial charge in [-0.3, -0.25) is 4.57 Å². The highest BCUT2D eigenvalue weighted by Crippen LogP contribution is 2.20. The summed E-state index contributed by atoms with van der Waals surface area (Å²) in [5.41, 5.74) is 4.90. The Morgan fingerprint density at radius 1 is 1.61 bits per heavy atom. The molecule has 0 aromatic carbocycles. The summed E-state index contributed by atoms with van der Waals surface area (Å²) in [7, 11) is 0. The average molecular weight is 329 g/mol. The molecule has 0 aliphatic carbocycles. The summed E-state index contributed by atoms with van der Waals surface area (Å²) in [6.45, 7) is 3.60. The molecule has 1 saturated heterocycles. The molecule has 0 radical (unpaired) electrons. The van der Waals surface area contributed by atoms with Gasteiger partial charge in [-0.2, -0.15) is 4.98 Å². The first-order valence-corrected chi connectivity index (χ1v) is 7.06. The van der Waals surface area contributed by atoms with Gasteiger partial charge in [-0.05, 0) is 19.9 Å². The summed E-state index contributed by atoms with van der Waals surface area (Å²) in [5, 5.41) is 0. The average Bonchev–Trinajstić information content (AvgIpc) is 2.94. The van der Waals surface area contributed by atoms with Gasteiger partial charge in [0, 0.05) is 6.20 Å². The summed E-state index contributed by atoms with van der Waals surface area (Å²) >= 11 is 0. The van der Waals surface area contributed by atoms with E-state index in [1.165, 1.54) is 23.8 Å². The highest BCUT2D eigenvalue weighted by Gasteiger charge is 2.29. The number of anilines is 1. The fraction of sp³-hybridized carbons (Fsp3) is 0.615. The lowest BCUT2D eigenvalue weighted by Gasteiger charge is -2.16. The number of nitrogens with two attached hydrogens (primary N) is 1. The largest absolute Gasteiger partial charge is 0.510 e. The number of carbonyl (C=O) groups is 1. The molecule has 2 rings (SSSR count). The van der Waals surface area contributed by atoms with Gasteiger partial charge in [-0.1, -0.05) is 0 Å². The van der Waals surface area contributed by atoms with Gasteiger partial charge >= 0.3 is 11.8 Å². The van der Waals surface area contributed by atoms with Crippen molar-refractivity contribution in [1.82, 2.24) is 9.55 Å². The molecule has 2 heterocycles. The van der Waals surface area contributed by atoms with Crippen LogP contribution in [-0.2, 0) is 23.7 Å². The number of rotatable bonds is 6. The Hall–Kier alpha value is -2.17. The lowest BCUT2D eigenvalue weighted by atomic mass is 10.5. The van der Waals surface area contributed by atoms with E-state index >= 15 is 0 Å². The molecule has 128 valence electrons. The molecule has 2 N–H and O–H groups in total. The third-order valence-electron chi connectivity index (χ3n) is 2.89. The van der Waals surface area contributed by atoms with Gasteiger partial charge in [-0.25, -0.2) is 9.59 Å². The van der Waals surface area contributed by atoms with Crippen LogP contribution in [0.25, 0.3) is 0 Å². The van der Waals surface area contributed by atoms with E-state index < -0.39 is 30.7 Å². The van der Waals surface area contributed by atoms with Gasteiger partial charge in [-0.15, -0.1) is 0 Å². The molecule has 1 aliphatic heterocycles. The molecular formula is C13H19N3O7. The van der Waals surface area contributed by atoms with E-state index in [9.17, 15) is 9.59 Å². The monoisotopic (exact) mass is 329 g/mol. The van der Waals surface area contributed by atoms with E-state index in [1.807, 2.05) is 0 Å². The number of ether oxygens (including phenoxy) is 5.